The van der Waals surface area contributed by atoms with Crippen molar-refractivity contribution >= 4 is 5.91 Å². The van der Waals surface area contributed by atoms with Crippen LogP contribution in [0, 0.1) is 0 Å². The normalized spacial score (nSPS) is 7.82. The van der Waals surface area contributed by atoms with E-state index in [-0.39, 0.29) is 5.91 Å². The molecule has 0 saturated carbocycles. The third-order valence-electron chi connectivity index (χ3n) is 0.832. The Balaban J connectivity index is 0.000000183. The molecule has 4 nitrogen and oxygen atoms in total. The monoisotopic (exact) mass is 155 g/mol. The number of nitrogens with one attached hydrogen (secondary N) is 2. The van der Waals surface area contributed by atoms with E-state index in [0.29, 0.717) is 0 Å². The highest BCUT2D eigenvalue weighted by Crippen LogP contribution is 1.64. The lowest BCUT2D eigenvalue weighted by atomic mass is 10.6. The standard InChI is InChI=1S/C4H9NO.C3H4N2/c1-3-5-4(2)6;1-2-4-5-3-1/h3H2,1-2H3,(H,5,6);1-3H,(H,4,5). The summed E-state index contributed by atoms with van der Waals surface area (Å²) in [5.41, 5.74) is 0. The summed E-state index contributed by atoms with van der Waals surface area (Å²) in [5, 5.41) is 8.78. The van der Waals surface area contributed by atoms with Crippen LogP contribution >= 0.6 is 0 Å². The Kier molecular flexibility index (Phi) is 5.98. The lowest BCUT2D eigenvalue weighted by molar-refractivity contribution is -0.118. The third kappa shape index (κ3) is 8.68. The van der Waals surface area contributed by atoms with Crippen LogP contribution in [0.3, 0.4) is 0 Å². The molecule has 0 saturated heterocycles. The first kappa shape index (κ1) is 9.68. The van der Waals surface area contributed by atoms with Crippen LogP contribution in [0.2, 0.25) is 0 Å². The van der Waals surface area contributed by atoms with Crippen molar-refractivity contribution in [3.8, 4) is 0 Å². The van der Waals surface area contributed by atoms with Crippen LogP contribution in [0.15, 0.2) is 18.5 Å². The van der Waals surface area contributed by atoms with Crippen LogP contribution in [-0.4, -0.2) is 22.6 Å². The second kappa shape index (κ2) is 6.80. The van der Waals surface area contributed by atoms with Crippen molar-refractivity contribution < 1.29 is 4.79 Å². The summed E-state index contributed by atoms with van der Waals surface area (Å²) in [5.74, 6) is 0.0394. The SMILES string of the molecule is CCNC(C)=O.c1cn[nH]c1. The number of aromatic nitrogens is 2. The molecule has 0 aromatic carbocycles. The zero-order valence-electron chi connectivity index (χ0n) is 6.79. The molecule has 0 bridgehead atoms. The van der Waals surface area contributed by atoms with Crippen molar-refractivity contribution in [2.45, 2.75) is 13.8 Å². The van der Waals surface area contributed by atoms with Gasteiger partial charge in [0.15, 0.2) is 0 Å². The molecule has 0 unspecified atom stereocenters. The molecular weight excluding hydrogens is 142 g/mol. The highest BCUT2D eigenvalue weighted by molar-refractivity contribution is 5.72. The molecule has 0 aliphatic carbocycles. The molecular formula is C7H13N3O. The number of carbonyl (C=O) groups excluding carboxylic acids is 1. The third-order valence-corrected chi connectivity index (χ3v) is 0.832. The average Bonchev–Trinajstić information content (AvgIpc) is 2.41. The molecule has 0 atom stereocenters. The van der Waals surface area contributed by atoms with Gasteiger partial charge in [-0.15, -0.1) is 0 Å². The van der Waals surface area contributed by atoms with Gasteiger partial charge in [-0.05, 0) is 13.0 Å². The van der Waals surface area contributed by atoms with E-state index in [1.807, 2.05) is 13.0 Å². The molecule has 1 amide bonds. The molecule has 1 rings (SSSR count). The van der Waals surface area contributed by atoms with Gasteiger partial charge in [0.25, 0.3) is 0 Å². The van der Waals surface area contributed by atoms with Crippen LogP contribution < -0.4 is 5.32 Å². The highest BCUT2D eigenvalue weighted by atomic mass is 16.1. The molecule has 0 aliphatic rings. The molecule has 11 heavy (non-hydrogen) atoms. The van der Waals surface area contributed by atoms with Gasteiger partial charge in [0.2, 0.25) is 5.91 Å². The van der Waals surface area contributed by atoms with Gasteiger partial charge in [0.1, 0.15) is 0 Å². The summed E-state index contributed by atoms with van der Waals surface area (Å²) in [7, 11) is 0. The minimum Gasteiger partial charge on any atom is -0.357 e. The molecule has 2 N–H and O–H groups in total. The minimum atomic E-state index is 0.0394. The second-order valence-corrected chi connectivity index (χ2v) is 1.85. The largest absolute Gasteiger partial charge is 0.357 e. The molecule has 0 aliphatic heterocycles. The Bertz CT molecular complexity index is 155. The van der Waals surface area contributed by atoms with E-state index < -0.39 is 0 Å². The molecule has 1 heterocycles. The summed E-state index contributed by atoms with van der Waals surface area (Å²) >= 11 is 0. The maximum absolute atomic E-state index is 9.93. The molecule has 4 heteroatoms. The molecule has 1 aromatic rings. The van der Waals surface area contributed by atoms with Crippen LogP contribution in [-0.2, 0) is 4.79 Å². The van der Waals surface area contributed by atoms with Crippen molar-refractivity contribution in [2.24, 2.45) is 0 Å². The fourth-order valence-electron chi connectivity index (χ4n) is 0.464. The molecule has 62 valence electrons. The number of H-pyrrole nitrogens is 1. The minimum absolute atomic E-state index is 0.0394. The highest BCUT2D eigenvalue weighted by Gasteiger charge is 1.78. The number of carbonyl (C=O) groups is 1. The van der Waals surface area contributed by atoms with Crippen LogP contribution in [0.25, 0.3) is 0 Å². The van der Waals surface area contributed by atoms with E-state index in [4.69, 9.17) is 0 Å². The van der Waals surface area contributed by atoms with Crippen molar-refractivity contribution in [3.63, 3.8) is 0 Å². The lowest BCUT2D eigenvalue weighted by Gasteiger charge is -1.88. The van der Waals surface area contributed by atoms with E-state index in [1.165, 1.54) is 6.92 Å². The number of rotatable bonds is 1. The van der Waals surface area contributed by atoms with E-state index in [0.717, 1.165) is 6.54 Å². The first-order chi connectivity index (χ1) is 5.27. The summed E-state index contributed by atoms with van der Waals surface area (Å²) in [6.07, 6.45) is 3.46. The van der Waals surface area contributed by atoms with Gasteiger partial charge in [-0.3, -0.25) is 9.89 Å². The predicted octanol–water partition coefficient (Wildman–Crippen LogP) is 0.552. The molecule has 0 fully saturated rings. The van der Waals surface area contributed by atoms with Crippen molar-refractivity contribution in [3.05, 3.63) is 18.5 Å². The van der Waals surface area contributed by atoms with Gasteiger partial charge in [0.05, 0.1) is 0 Å². The van der Waals surface area contributed by atoms with Gasteiger partial charge < -0.3 is 5.32 Å². The maximum Gasteiger partial charge on any atom is 0.216 e. The van der Waals surface area contributed by atoms with Crippen LogP contribution in [0.5, 0.6) is 0 Å². The van der Waals surface area contributed by atoms with Gasteiger partial charge in [-0.1, -0.05) is 0 Å². The lowest BCUT2D eigenvalue weighted by Crippen LogP contribution is -2.18. The Morgan fingerprint density at radius 3 is 2.55 bits per heavy atom. The van der Waals surface area contributed by atoms with Crippen molar-refractivity contribution in [1.82, 2.24) is 15.5 Å². The molecule has 0 radical (unpaired) electrons. The van der Waals surface area contributed by atoms with Crippen LogP contribution in [0.1, 0.15) is 13.8 Å². The number of hydrogen-bond donors (Lipinski definition) is 2. The van der Waals surface area contributed by atoms with Gasteiger partial charge >= 0.3 is 0 Å². The summed E-state index contributed by atoms with van der Waals surface area (Å²) in [4.78, 5) is 9.93. The Morgan fingerprint density at radius 2 is 2.45 bits per heavy atom. The van der Waals surface area contributed by atoms with Crippen molar-refractivity contribution in [2.75, 3.05) is 6.54 Å². The van der Waals surface area contributed by atoms with E-state index in [2.05, 4.69) is 15.5 Å². The quantitative estimate of drug-likeness (QED) is 0.622. The average molecular weight is 155 g/mol. The topological polar surface area (TPSA) is 57.8 Å². The number of hydrogen-bond acceptors (Lipinski definition) is 2. The first-order valence-corrected chi connectivity index (χ1v) is 3.45. The zero-order valence-corrected chi connectivity index (χ0v) is 6.79. The van der Waals surface area contributed by atoms with Gasteiger partial charge in [-0.2, -0.15) is 5.10 Å². The first-order valence-electron chi connectivity index (χ1n) is 3.45. The summed E-state index contributed by atoms with van der Waals surface area (Å²) < 4.78 is 0. The second-order valence-electron chi connectivity index (χ2n) is 1.85. The Hall–Kier alpha value is -1.32. The fraction of sp³-hybridized carbons (Fsp3) is 0.429. The number of aromatic amines is 1. The molecule has 0 spiro atoms. The molecule has 1 aromatic heterocycles. The number of amides is 1. The Labute approximate surface area is 66.0 Å². The summed E-state index contributed by atoms with van der Waals surface area (Å²) in [6, 6.07) is 1.83. The number of nitrogens with zero attached hydrogens (tertiary/aromatic N) is 1. The summed E-state index contributed by atoms with van der Waals surface area (Å²) in [6.45, 7) is 4.13. The van der Waals surface area contributed by atoms with Crippen LogP contribution in [0.4, 0.5) is 0 Å². The zero-order chi connectivity index (χ0) is 8.53. The van der Waals surface area contributed by atoms with E-state index in [9.17, 15) is 4.79 Å². The Morgan fingerprint density at radius 1 is 1.73 bits per heavy atom. The van der Waals surface area contributed by atoms with Gasteiger partial charge in [-0.25, -0.2) is 0 Å². The van der Waals surface area contributed by atoms with Gasteiger partial charge in [0, 0.05) is 25.9 Å². The fourth-order valence-corrected chi connectivity index (χ4v) is 0.464. The maximum atomic E-state index is 9.93. The predicted molar refractivity (Wildman–Crippen MR) is 42.9 cm³/mol. The van der Waals surface area contributed by atoms with E-state index >= 15 is 0 Å². The van der Waals surface area contributed by atoms with Crippen molar-refractivity contribution in [1.29, 1.82) is 0 Å². The van der Waals surface area contributed by atoms with E-state index in [1.54, 1.807) is 12.4 Å². The smallest absolute Gasteiger partial charge is 0.216 e.